The summed E-state index contributed by atoms with van der Waals surface area (Å²) in [7, 11) is 0. The molecule has 0 heterocycles. The molecule has 2 nitrogen and oxygen atoms in total. The molecule has 0 aliphatic carbocycles. The summed E-state index contributed by atoms with van der Waals surface area (Å²) in [6, 6.07) is 14.3. The maximum absolute atomic E-state index is 13.6. The van der Waals surface area contributed by atoms with Crippen LogP contribution in [0.15, 0.2) is 58.3 Å². The number of nitrogens with two attached hydrogens (primary N) is 1. The van der Waals surface area contributed by atoms with Gasteiger partial charge in [0, 0.05) is 9.79 Å². The van der Waals surface area contributed by atoms with E-state index in [1.54, 1.807) is 12.1 Å². The molecule has 0 atom stereocenters. The third-order valence-electron chi connectivity index (χ3n) is 2.22. The summed E-state index contributed by atoms with van der Waals surface area (Å²) in [5.41, 5.74) is 5.57. The molecule has 0 radical (unpaired) electrons. The van der Waals surface area contributed by atoms with Gasteiger partial charge in [0.25, 0.3) is 0 Å². The van der Waals surface area contributed by atoms with Gasteiger partial charge < -0.3 is 5.73 Å². The summed E-state index contributed by atoms with van der Waals surface area (Å²) in [6.07, 6.45) is 0. The predicted molar refractivity (Wildman–Crippen MR) is 68.0 cm³/mol. The van der Waals surface area contributed by atoms with E-state index in [-0.39, 0.29) is 11.4 Å². The minimum absolute atomic E-state index is 0.168. The molecule has 0 unspecified atom stereocenters. The Balaban J connectivity index is 2.40. The van der Waals surface area contributed by atoms with Gasteiger partial charge >= 0.3 is 0 Å². The number of nitrogens with one attached hydrogen (secondary N) is 1. The Morgan fingerprint density at radius 2 is 1.76 bits per heavy atom. The van der Waals surface area contributed by atoms with E-state index in [0.29, 0.717) is 4.90 Å². The molecule has 2 aromatic rings. The Morgan fingerprint density at radius 3 is 2.41 bits per heavy atom. The molecule has 0 saturated heterocycles. The lowest BCUT2D eigenvalue weighted by Crippen LogP contribution is -2.14. The molecule has 3 N–H and O–H groups in total. The SMILES string of the molecule is N=C(N)c1c(F)cccc1Sc1ccccc1. The van der Waals surface area contributed by atoms with Crippen molar-refractivity contribution in [3.8, 4) is 0 Å². The van der Waals surface area contributed by atoms with Gasteiger partial charge in [0.2, 0.25) is 0 Å². The first kappa shape index (κ1) is 11.7. The van der Waals surface area contributed by atoms with Crippen molar-refractivity contribution in [2.45, 2.75) is 9.79 Å². The third-order valence-corrected chi connectivity index (χ3v) is 3.28. The molecule has 0 fully saturated rings. The van der Waals surface area contributed by atoms with E-state index in [1.807, 2.05) is 30.3 Å². The monoisotopic (exact) mass is 246 g/mol. The van der Waals surface area contributed by atoms with E-state index in [2.05, 4.69) is 0 Å². The molecule has 0 aliphatic rings. The highest BCUT2D eigenvalue weighted by molar-refractivity contribution is 7.99. The molecule has 2 aromatic carbocycles. The second-order valence-corrected chi connectivity index (χ2v) is 4.56. The quantitative estimate of drug-likeness (QED) is 0.645. The van der Waals surface area contributed by atoms with Crippen LogP contribution in [0, 0.1) is 11.2 Å². The number of nitrogen functional groups attached to an aromatic ring is 1. The molecule has 0 spiro atoms. The smallest absolute Gasteiger partial charge is 0.135 e. The van der Waals surface area contributed by atoms with Crippen LogP contribution in [0.1, 0.15) is 5.56 Å². The van der Waals surface area contributed by atoms with Gasteiger partial charge in [-0.25, -0.2) is 4.39 Å². The topological polar surface area (TPSA) is 49.9 Å². The first-order chi connectivity index (χ1) is 8.18. The minimum Gasteiger partial charge on any atom is -0.384 e. The van der Waals surface area contributed by atoms with Gasteiger partial charge in [-0.3, -0.25) is 5.41 Å². The zero-order chi connectivity index (χ0) is 12.3. The van der Waals surface area contributed by atoms with E-state index in [4.69, 9.17) is 11.1 Å². The van der Waals surface area contributed by atoms with Gasteiger partial charge in [-0.1, -0.05) is 36.0 Å². The molecule has 0 bridgehead atoms. The fourth-order valence-corrected chi connectivity index (χ4v) is 2.47. The van der Waals surface area contributed by atoms with E-state index in [0.717, 1.165) is 4.90 Å². The number of halogens is 1. The zero-order valence-corrected chi connectivity index (χ0v) is 9.80. The number of amidine groups is 1. The molecule has 86 valence electrons. The number of hydrogen-bond donors (Lipinski definition) is 2. The molecule has 17 heavy (non-hydrogen) atoms. The predicted octanol–water partition coefficient (Wildman–Crippen LogP) is 3.26. The fourth-order valence-electron chi connectivity index (χ4n) is 1.47. The van der Waals surface area contributed by atoms with Crippen LogP contribution in [0.3, 0.4) is 0 Å². The number of hydrogen-bond acceptors (Lipinski definition) is 2. The molecule has 0 saturated carbocycles. The lowest BCUT2D eigenvalue weighted by molar-refractivity contribution is 0.621. The van der Waals surface area contributed by atoms with Gasteiger partial charge in [-0.2, -0.15) is 0 Å². The summed E-state index contributed by atoms with van der Waals surface area (Å²) in [6.45, 7) is 0. The molecule has 4 heteroatoms. The van der Waals surface area contributed by atoms with E-state index < -0.39 is 5.82 Å². The second-order valence-electron chi connectivity index (χ2n) is 3.44. The van der Waals surface area contributed by atoms with Crippen LogP contribution in [0.25, 0.3) is 0 Å². The Hall–Kier alpha value is -1.81. The highest BCUT2D eigenvalue weighted by Crippen LogP contribution is 2.31. The minimum atomic E-state index is -0.460. The van der Waals surface area contributed by atoms with Gasteiger partial charge in [-0.05, 0) is 24.3 Å². The second kappa shape index (κ2) is 5.01. The molecule has 0 aliphatic heterocycles. The first-order valence-corrected chi connectivity index (χ1v) is 5.86. The summed E-state index contributed by atoms with van der Waals surface area (Å²) in [4.78, 5) is 1.64. The van der Waals surface area contributed by atoms with Crippen LogP contribution in [-0.4, -0.2) is 5.84 Å². The van der Waals surface area contributed by atoms with E-state index >= 15 is 0 Å². The van der Waals surface area contributed by atoms with Gasteiger partial charge in [-0.15, -0.1) is 0 Å². The van der Waals surface area contributed by atoms with Gasteiger partial charge in [0.15, 0.2) is 0 Å². The normalized spacial score (nSPS) is 10.2. The zero-order valence-electron chi connectivity index (χ0n) is 8.98. The van der Waals surface area contributed by atoms with E-state index in [1.165, 1.54) is 17.8 Å². The Labute approximate surface area is 103 Å². The molecule has 0 aromatic heterocycles. The van der Waals surface area contributed by atoms with Crippen LogP contribution in [0.2, 0.25) is 0 Å². The first-order valence-electron chi connectivity index (χ1n) is 5.04. The van der Waals surface area contributed by atoms with Crippen molar-refractivity contribution < 1.29 is 4.39 Å². The average molecular weight is 246 g/mol. The van der Waals surface area contributed by atoms with Crippen molar-refractivity contribution >= 4 is 17.6 Å². The molecular weight excluding hydrogens is 235 g/mol. The molecule has 0 amide bonds. The summed E-state index contributed by atoms with van der Waals surface area (Å²) >= 11 is 1.40. The van der Waals surface area contributed by atoms with E-state index in [9.17, 15) is 4.39 Å². The lowest BCUT2D eigenvalue weighted by Gasteiger charge is -2.08. The Kier molecular flexibility index (Phi) is 3.44. The standard InChI is InChI=1S/C13H11FN2S/c14-10-7-4-8-11(12(10)13(15)16)17-9-5-2-1-3-6-9/h1-8H,(H3,15,16). The van der Waals surface area contributed by atoms with Crippen LogP contribution >= 0.6 is 11.8 Å². The van der Waals surface area contributed by atoms with Gasteiger partial charge in [0.05, 0.1) is 5.56 Å². The van der Waals surface area contributed by atoms with Crippen LogP contribution in [0.5, 0.6) is 0 Å². The molecule has 2 rings (SSSR count). The van der Waals surface area contributed by atoms with Crippen molar-refractivity contribution in [2.75, 3.05) is 0 Å². The summed E-state index contributed by atoms with van der Waals surface area (Å²) in [5.74, 6) is -0.708. The summed E-state index contributed by atoms with van der Waals surface area (Å²) in [5, 5.41) is 7.41. The maximum Gasteiger partial charge on any atom is 0.135 e. The fraction of sp³-hybridized carbons (Fsp3) is 0. The van der Waals surface area contributed by atoms with Crippen molar-refractivity contribution in [1.82, 2.24) is 0 Å². The van der Waals surface area contributed by atoms with Crippen LogP contribution in [0.4, 0.5) is 4.39 Å². The van der Waals surface area contributed by atoms with Crippen molar-refractivity contribution in [3.05, 3.63) is 59.9 Å². The Bertz CT molecular complexity index is 540. The summed E-state index contributed by atoms with van der Waals surface area (Å²) < 4.78 is 13.6. The Morgan fingerprint density at radius 1 is 1.06 bits per heavy atom. The van der Waals surface area contributed by atoms with Crippen molar-refractivity contribution in [1.29, 1.82) is 5.41 Å². The lowest BCUT2D eigenvalue weighted by atomic mass is 10.2. The molecular formula is C13H11FN2S. The highest BCUT2D eigenvalue weighted by Gasteiger charge is 2.11. The largest absolute Gasteiger partial charge is 0.384 e. The number of benzene rings is 2. The van der Waals surface area contributed by atoms with Crippen LogP contribution in [-0.2, 0) is 0 Å². The number of rotatable bonds is 3. The third kappa shape index (κ3) is 2.65. The maximum atomic E-state index is 13.6. The van der Waals surface area contributed by atoms with Crippen LogP contribution < -0.4 is 5.73 Å². The van der Waals surface area contributed by atoms with Gasteiger partial charge in [0.1, 0.15) is 11.7 Å². The van der Waals surface area contributed by atoms with Crippen molar-refractivity contribution in [3.63, 3.8) is 0 Å². The average Bonchev–Trinajstić information content (AvgIpc) is 2.30. The van der Waals surface area contributed by atoms with Crippen molar-refractivity contribution in [2.24, 2.45) is 5.73 Å². The highest BCUT2D eigenvalue weighted by atomic mass is 32.2.